The summed E-state index contributed by atoms with van der Waals surface area (Å²) >= 11 is 0. The van der Waals surface area contributed by atoms with Crippen LogP contribution in [0.5, 0.6) is 0 Å². The van der Waals surface area contributed by atoms with Crippen LogP contribution in [0.4, 0.5) is 0 Å². The summed E-state index contributed by atoms with van der Waals surface area (Å²) in [6.45, 7) is 4.34. The zero-order chi connectivity index (χ0) is 8.81. The molecule has 0 amide bonds. The average Bonchev–Trinajstić information content (AvgIpc) is 2.05. The molecular weight excluding hydrogens is 144 g/mol. The lowest BCUT2D eigenvalue weighted by Gasteiger charge is -2.10. The maximum absolute atomic E-state index is 2.39. The largest absolute Gasteiger partial charge is 0.0856 e. The van der Waals surface area contributed by atoms with Gasteiger partial charge in [0.15, 0.2) is 0 Å². The van der Waals surface area contributed by atoms with Gasteiger partial charge in [-0.25, -0.2) is 0 Å². The SMILES string of the molecule is CC(C)=CCCC1=CC[CH]CC1. The lowest BCUT2D eigenvalue weighted by molar-refractivity contribution is 0.782. The fourth-order valence-electron chi connectivity index (χ4n) is 1.53. The minimum atomic E-state index is 1.20. The van der Waals surface area contributed by atoms with E-state index in [4.69, 9.17) is 0 Å². The molecule has 0 saturated heterocycles. The van der Waals surface area contributed by atoms with Gasteiger partial charge in [-0.05, 0) is 52.4 Å². The molecule has 0 aromatic heterocycles. The maximum atomic E-state index is 2.39. The Balaban J connectivity index is 2.22. The van der Waals surface area contributed by atoms with Gasteiger partial charge < -0.3 is 0 Å². The second-order valence-corrected chi connectivity index (χ2v) is 3.75. The summed E-state index contributed by atoms with van der Waals surface area (Å²) in [4.78, 5) is 0. The molecule has 0 nitrogen and oxygen atoms in total. The Morgan fingerprint density at radius 3 is 2.92 bits per heavy atom. The van der Waals surface area contributed by atoms with Gasteiger partial charge in [-0.1, -0.05) is 23.3 Å². The average molecular weight is 163 g/mol. The van der Waals surface area contributed by atoms with Crippen LogP contribution in [0.2, 0.25) is 0 Å². The number of rotatable bonds is 3. The third-order valence-electron chi connectivity index (χ3n) is 2.26. The first-order valence-electron chi connectivity index (χ1n) is 4.92. The second kappa shape index (κ2) is 5.18. The van der Waals surface area contributed by atoms with E-state index >= 15 is 0 Å². The molecule has 0 fully saturated rings. The molecule has 0 heteroatoms. The Morgan fingerprint density at radius 1 is 1.50 bits per heavy atom. The van der Waals surface area contributed by atoms with Crippen molar-refractivity contribution in [1.82, 2.24) is 0 Å². The third-order valence-corrected chi connectivity index (χ3v) is 2.26. The van der Waals surface area contributed by atoms with Crippen molar-refractivity contribution >= 4 is 0 Å². The first-order valence-corrected chi connectivity index (χ1v) is 4.92. The van der Waals surface area contributed by atoms with E-state index < -0.39 is 0 Å². The quantitative estimate of drug-likeness (QED) is 0.551. The molecule has 0 atom stereocenters. The molecule has 0 unspecified atom stereocenters. The zero-order valence-corrected chi connectivity index (χ0v) is 8.27. The molecule has 0 bridgehead atoms. The molecule has 1 radical (unpaired) electrons. The van der Waals surface area contributed by atoms with Crippen LogP contribution in [0.1, 0.15) is 46.0 Å². The van der Waals surface area contributed by atoms with Crippen molar-refractivity contribution in [2.75, 3.05) is 0 Å². The van der Waals surface area contributed by atoms with E-state index in [1.807, 2.05) is 0 Å². The fourth-order valence-corrected chi connectivity index (χ4v) is 1.53. The molecule has 1 aliphatic rings. The number of hydrogen-bond donors (Lipinski definition) is 0. The predicted molar refractivity (Wildman–Crippen MR) is 54.9 cm³/mol. The second-order valence-electron chi connectivity index (χ2n) is 3.75. The summed E-state index contributed by atoms with van der Waals surface area (Å²) in [5, 5.41) is 0. The Hall–Kier alpha value is -0.520. The molecule has 12 heavy (non-hydrogen) atoms. The van der Waals surface area contributed by atoms with E-state index in [1.54, 1.807) is 5.57 Å². The van der Waals surface area contributed by atoms with Crippen LogP contribution in [-0.2, 0) is 0 Å². The van der Waals surface area contributed by atoms with Crippen LogP contribution in [0, 0.1) is 6.42 Å². The molecule has 0 aliphatic heterocycles. The van der Waals surface area contributed by atoms with Crippen molar-refractivity contribution in [3.63, 3.8) is 0 Å². The minimum absolute atomic E-state index is 1.20. The molecule has 67 valence electrons. The highest BCUT2D eigenvalue weighted by atomic mass is 14.1. The highest BCUT2D eigenvalue weighted by Crippen LogP contribution is 2.20. The van der Waals surface area contributed by atoms with E-state index in [2.05, 4.69) is 32.4 Å². The highest BCUT2D eigenvalue weighted by Gasteiger charge is 2.01. The van der Waals surface area contributed by atoms with Crippen molar-refractivity contribution in [2.24, 2.45) is 0 Å². The molecule has 1 aliphatic carbocycles. The van der Waals surface area contributed by atoms with Crippen LogP contribution >= 0.6 is 0 Å². The molecule has 0 heterocycles. The van der Waals surface area contributed by atoms with Gasteiger partial charge in [0.1, 0.15) is 0 Å². The molecular formula is C12H19. The summed E-state index contributed by atoms with van der Waals surface area (Å²) in [5.41, 5.74) is 3.10. The van der Waals surface area contributed by atoms with E-state index in [0.717, 1.165) is 0 Å². The first-order chi connectivity index (χ1) is 5.79. The lowest BCUT2D eigenvalue weighted by atomic mass is 9.96. The van der Waals surface area contributed by atoms with Crippen LogP contribution in [-0.4, -0.2) is 0 Å². The van der Waals surface area contributed by atoms with E-state index in [-0.39, 0.29) is 0 Å². The topological polar surface area (TPSA) is 0 Å². The summed E-state index contributed by atoms with van der Waals surface area (Å²) in [7, 11) is 0. The smallest absolute Gasteiger partial charge is 0.0285 e. The predicted octanol–water partition coefficient (Wildman–Crippen LogP) is 4.05. The Morgan fingerprint density at radius 2 is 2.33 bits per heavy atom. The zero-order valence-electron chi connectivity index (χ0n) is 8.27. The molecule has 0 aromatic rings. The number of hydrogen-bond acceptors (Lipinski definition) is 0. The van der Waals surface area contributed by atoms with Gasteiger partial charge in [-0.3, -0.25) is 0 Å². The third kappa shape index (κ3) is 3.75. The van der Waals surface area contributed by atoms with Crippen molar-refractivity contribution < 1.29 is 0 Å². The van der Waals surface area contributed by atoms with Crippen LogP contribution in [0.25, 0.3) is 0 Å². The standard InChI is InChI=1S/C12H19/c1-11(2)7-6-10-12-8-4-3-5-9-12/h3,7-8H,4-6,9-10H2,1-2H3. The monoisotopic (exact) mass is 163 g/mol. The minimum Gasteiger partial charge on any atom is -0.0856 e. The lowest BCUT2D eigenvalue weighted by Crippen LogP contribution is -1.91. The van der Waals surface area contributed by atoms with Gasteiger partial charge in [0.05, 0.1) is 0 Å². The summed E-state index contributed by atoms with van der Waals surface area (Å²) in [6, 6.07) is 0. The molecule has 0 saturated carbocycles. The van der Waals surface area contributed by atoms with E-state index in [9.17, 15) is 0 Å². The van der Waals surface area contributed by atoms with Gasteiger partial charge in [-0.2, -0.15) is 0 Å². The van der Waals surface area contributed by atoms with Gasteiger partial charge in [-0.15, -0.1) is 0 Å². The van der Waals surface area contributed by atoms with Gasteiger partial charge in [0.2, 0.25) is 0 Å². The summed E-state index contributed by atoms with van der Waals surface area (Å²) < 4.78 is 0. The Bertz CT molecular complexity index is 180. The van der Waals surface area contributed by atoms with Crippen molar-refractivity contribution in [3.05, 3.63) is 29.7 Å². The van der Waals surface area contributed by atoms with E-state index in [0.29, 0.717) is 0 Å². The first kappa shape index (κ1) is 9.57. The van der Waals surface area contributed by atoms with Gasteiger partial charge >= 0.3 is 0 Å². The molecule has 0 aromatic carbocycles. The van der Waals surface area contributed by atoms with Crippen molar-refractivity contribution in [2.45, 2.75) is 46.0 Å². The van der Waals surface area contributed by atoms with Crippen LogP contribution < -0.4 is 0 Å². The maximum Gasteiger partial charge on any atom is -0.0285 e. The Labute approximate surface area is 76.4 Å². The van der Waals surface area contributed by atoms with Crippen molar-refractivity contribution in [1.29, 1.82) is 0 Å². The van der Waals surface area contributed by atoms with Crippen LogP contribution in [0.15, 0.2) is 23.3 Å². The Kier molecular flexibility index (Phi) is 4.13. The molecule has 0 spiro atoms. The fraction of sp³-hybridized carbons (Fsp3) is 0.583. The summed E-state index contributed by atoms with van der Waals surface area (Å²) in [5.74, 6) is 0. The normalized spacial score (nSPS) is 17.0. The van der Waals surface area contributed by atoms with Gasteiger partial charge in [0, 0.05) is 0 Å². The van der Waals surface area contributed by atoms with Crippen LogP contribution in [0.3, 0.4) is 0 Å². The van der Waals surface area contributed by atoms with E-state index in [1.165, 1.54) is 37.7 Å². The molecule has 0 N–H and O–H groups in total. The van der Waals surface area contributed by atoms with Crippen molar-refractivity contribution in [3.8, 4) is 0 Å². The van der Waals surface area contributed by atoms with Gasteiger partial charge in [0.25, 0.3) is 0 Å². The number of allylic oxidation sites excluding steroid dienone is 4. The summed E-state index contributed by atoms with van der Waals surface area (Å²) in [6.07, 6.45) is 13.4. The highest BCUT2D eigenvalue weighted by molar-refractivity contribution is 5.10. The molecule has 1 rings (SSSR count).